The molecule has 0 saturated carbocycles. The van der Waals surface area contributed by atoms with Crippen LogP contribution in [0.15, 0.2) is 60.7 Å². The van der Waals surface area contributed by atoms with E-state index in [9.17, 15) is 4.79 Å². The second kappa shape index (κ2) is 8.53. The first-order chi connectivity index (χ1) is 10.3. The monoisotopic (exact) mass is 300 g/mol. The van der Waals surface area contributed by atoms with E-state index in [4.69, 9.17) is 5.11 Å². The topological polar surface area (TPSA) is 37.3 Å². The summed E-state index contributed by atoms with van der Waals surface area (Å²) < 4.78 is 0. The summed E-state index contributed by atoms with van der Waals surface area (Å²) in [6.07, 6.45) is 1.95. The molecule has 2 aromatic carbocycles. The molecule has 1 N–H and O–H groups in total. The molecular formula is C18H20O2S. The van der Waals surface area contributed by atoms with Gasteiger partial charge in [0.15, 0.2) is 0 Å². The molecule has 2 nitrogen and oxygen atoms in total. The predicted octanol–water partition coefficient (Wildman–Crippen LogP) is 4.76. The number of rotatable bonds is 8. The molecule has 0 amide bonds. The molecule has 110 valence electrons. The number of thioether (sulfide) groups is 1. The highest BCUT2D eigenvalue weighted by Crippen LogP contribution is 2.35. The van der Waals surface area contributed by atoms with E-state index >= 15 is 0 Å². The summed E-state index contributed by atoms with van der Waals surface area (Å²) in [7, 11) is 0. The van der Waals surface area contributed by atoms with E-state index in [1.54, 1.807) is 0 Å². The molecule has 0 bridgehead atoms. The van der Waals surface area contributed by atoms with Gasteiger partial charge in [0.25, 0.3) is 0 Å². The molecule has 3 heteroatoms. The lowest BCUT2D eigenvalue weighted by Crippen LogP contribution is -1.99. The van der Waals surface area contributed by atoms with Gasteiger partial charge in [-0.15, -0.1) is 11.8 Å². The smallest absolute Gasteiger partial charge is 0.303 e. The average molecular weight is 300 g/mol. The van der Waals surface area contributed by atoms with Gasteiger partial charge in [-0.05, 0) is 29.7 Å². The fourth-order valence-corrected chi connectivity index (χ4v) is 3.53. The molecular weight excluding hydrogens is 280 g/mol. The Hall–Kier alpha value is -1.74. The largest absolute Gasteiger partial charge is 0.481 e. The fourth-order valence-electron chi connectivity index (χ4n) is 2.22. The molecule has 0 atom stereocenters. The van der Waals surface area contributed by atoms with Crippen LogP contribution >= 0.6 is 11.8 Å². The summed E-state index contributed by atoms with van der Waals surface area (Å²) in [6, 6.07) is 20.9. The summed E-state index contributed by atoms with van der Waals surface area (Å²) in [6.45, 7) is 0. The normalized spacial score (nSPS) is 10.7. The Bertz CT molecular complexity index is 500. The van der Waals surface area contributed by atoms with E-state index in [0.717, 1.165) is 18.6 Å². The van der Waals surface area contributed by atoms with Crippen LogP contribution in [0.25, 0.3) is 0 Å². The van der Waals surface area contributed by atoms with Crippen molar-refractivity contribution in [3.8, 4) is 0 Å². The Morgan fingerprint density at radius 3 is 1.90 bits per heavy atom. The van der Waals surface area contributed by atoms with Crippen LogP contribution in [0.3, 0.4) is 0 Å². The van der Waals surface area contributed by atoms with Gasteiger partial charge in [0.05, 0.1) is 5.25 Å². The van der Waals surface area contributed by atoms with Crippen LogP contribution in [0.4, 0.5) is 0 Å². The first kappa shape index (κ1) is 15.6. The van der Waals surface area contributed by atoms with Crippen molar-refractivity contribution in [3.63, 3.8) is 0 Å². The van der Waals surface area contributed by atoms with Crippen LogP contribution in [0.2, 0.25) is 0 Å². The van der Waals surface area contributed by atoms with E-state index in [0.29, 0.717) is 5.25 Å². The van der Waals surface area contributed by atoms with Crippen molar-refractivity contribution in [2.45, 2.75) is 24.5 Å². The van der Waals surface area contributed by atoms with Crippen LogP contribution in [0.5, 0.6) is 0 Å². The quantitative estimate of drug-likeness (QED) is 0.714. The van der Waals surface area contributed by atoms with Gasteiger partial charge in [0.2, 0.25) is 0 Å². The Labute approximate surface area is 130 Å². The van der Waals surface area contributed by atoms with Crippen LogP contribution in [0.1, 0.15) is 35.6 Å². The van der Waals surface area contributed by atoms with Crippen LogP contribution in [-0.4, -0.2) is 16.8 Å². The summed E-state index contributed by atoms with van der Waals surface area (Å²) in [5.41, 5.74) is 2.60. The summed E-state index contributed by atoms with van der Waals surface area (Å²) in [5.74, 6) is 0.268. The van der Waals surface area contributed by atoms with Gasteiger partial charge in [-0.2, -0.15) is 0 Å². The summed E-state index contributed by atoms with van der Waals surface area (Å²) in [5, 5.41) is 8.99. The van der Waals surface area contributed by atoms with Crippen molar-refractivity contribution in [1.29, 1.82) is 0 Å². The van der Waals surface area contributed by atoms with E-state index in [-0.39, 0.29) is 6.42 Å². The molecule has 0 aromatic heterocycles. The number of carbonyl (C=O) groups is 1. The third-order valence-corrected chi connectivity index (χ3v) is 4.68. The third-order valence-electron chi connectivity index (χ3n) is 3.27. The molecule has 21 heavy (non-hydrogen) atoms. The predicted molar refractivity (Wildman–Crippen MR) is 88.7 cm³/mol. The standard InChI is InChI=1S/C18H20O2S/c19-17(20)13-7-8-14-21-18(15-9-3-1-4-10-15)16-11-5-2-6-12-16/h1-6,9-12,18H,7-8,13-14H2,(H,19,20). The lowest BCUT2D eigenvalue weighted by atomic mass is 10.0. The van der Waals surface area contributed by atoms with E-state index in [2.05, 4.69) is 48.5 Å². The zero-order valence-electron chi connectivity index (χ0n) is 11.9. The minimum absolute atomic E-state index is 0.266. The number of unbranched alkanes of at least 4 members (excludes halogenated alkanes) is 1. The molecule has 0 heterocycles. The second-order valence-corrected chi connectivity index (χ2v) is 6.14. The maximum atomic E-state index is 10.5. The molecule has 0 fully saturated rings. The number of carboxylic acids is 1. The number of hydrogen-bond donors (Lipinski definition) is 1. The molecule has 0 saturated heterocycles. The highest BCUT2D eigenvalue weighted by Gasteiger charge is 2.13. The Balaban J connectivity index is 1.99. The van der Waals surface area contributed by atoms with Crippen molar-refractivity contribution in [3.05, 3.63) is 71.8 Å². The first-order valence-electron chi connectivity index (χ1n) is 7.20. The van der Waals surface area contributed by atoms with Crippen molar-refractivity contribution in [2.75, 3.05) is 5.75 Å². The van der Waals surface area contributed by atoms with Gasteiger partial charge in [-0.1, -0.05) is 60.7 Å². The van der Waals surface area contributed by atoms with E-state index in [1.165, 1.54) is 11.1 Å². The first-order valence-corrected chi connectivity index (χ1v) is 8.25. The average Bonchev–Trinajstić information content (AvgIpc) is 2.52. The molecule has 0 aliphatic rings. The Morgan fingerprint density at radius 1 is 0.905 bits per heavy atom. The van der Waals surface area contributed by atoms with E-state index in [1.807, 2.05) is 23.9 Å². The van der Waals surface area contributed by atoms with Gasteiger partial charge < -0.3 is 5.11 Å². The van der Waals surface area contributed by atoms with Crippen molar-refractivity contribution >= 4 is 17.7 Å². The SMILES string of the molecule is O=C(O)CCCCSC(c1ccccc1)c1ccccc1. The maximum Gasteiger partial charge on any atom is 0.303 e. The molecule has 0 aliphatic carbocycles. The van der Waals surface area contributed by atoms with Gasteiger partial charge in [-0.25, -0.2) is 0 Å². The zero-order chi connectivity index (χ0) is 14.9. The number of benzene rings is 2. The third kappa shape index (κ3) is 5.27. The highest BCUT2D eigenvalue weighted by molar-refractivity contribution is 7.99. The van der Waals surface area contributed by atoms with Gasteiger partial charge >= 0.3 is 5.97 Å². The molecule has 2 aromatic rings. The van der Waals surface area contributed by atoms with Gasteiger partial charge in [-0.3, -0.25) is 4.79 Å². The van der Waals surface area contributed by atoms with Crippen molar-refractivity contribution in [2.24, 2.45) is 0 Å². The van der Waals surface area contributed by atoms with Gasteiger partial charge in [0, 0.05) is 6.42 Å². The molecule has 2 rings (SSSR count). The molecule has 0 aliphatic heterocycles. The van der Waals surface area contributed by atoms with E-state index < -0.39 is 5.97 Å². The molecule has 0 unspecified atom stereocenters. The van der Waals surface area contributed by atoms with Crippen molar-refractivity contribution in [1.82, 2.24) is 0 Å². The lowest BCUT2D eigenvalue weighted by molar-refractivity contribution is -0.137. The number of hydrogen-bond acceptors (Lipinski definition) is 2. The Kier molecular flexibility index (Phi) is 6.35. The Morgan fingerprint density at radius 2 is 1.43 bits per heavy atom. The van der Waals surface area contributed by atoms with Crippen LogP contribution in [0, 0.1) is 0 Å². The van der Waals surface area contributed by atoms with Crippen LogP contribution < -0.4 is 0 Å². The zero-order valence-corrected chi connectivity index (χ0v) is 12.8. The minimum atomic E-state index is -0.706. The van der Waals surface area contributed by atoms with Gasteiger partial charge in [0.1, 0.15) is 0 Å². The fraction of sp³-hybridized carbons (Fsp3) is 0.278. The summed E-state index contributed by atoms with van der Waals surface area (Å²) in [4.78, 5) is 10.5. The van der Waals surface area contributed by atoms with Crippen molar-refractivity contribution < 1.29 is 9.90 Å². The molecule has 0 radical (unpaired) electrons. The number of carboxylic acid groups (broad SMARTS) is 1. The summed E-state index contributed by atoms with van der Waals surface area (Å²) >= 11 is 1.89. The second-order valence-electron chi connectivity index (χ2n) is 4.92. The van der Waals surface area contributed by atoms with Crippen LogP contribution in [-0.2, 0) is 4.79 Å². The number of aliphatic carboxylic acids is 1. The molecule has 0 spiro atoms. The minimum Gasteiger partial charge on any atom is -0.481 e. The highest BCUT2D eigenvalue weighted by atomic mass is 32.2. The maximum absolute atomic E-state index is 10.5. The lowest BCUT2D eigenvalue weighted by Gasteiger charge is -2.17.